The Balaban J connectivity index is 1.56. The lowest BCUT2D eigenvalue weighted by Gasteiger charge is -2.56. The molecule has 3 rings (SSSR count). The molecule has 0 heterocycles. The van der Waals surface area contributed by atoms with E-state index in [1.807, 2.05) is 0 Å². The van der Waals surface area contributed by atoms with E-state index in [-0.39, 0.29) is 0 Å². The smallest absolute Gasteiger partial charge is 0.0126 e. The van der Waals surface area contributed by atoms with Gasteiger partial charge in [0.25, 0.3) is 0 Å². The molecule has 1 N–H and O–H groups in total. The molecule has 3 atom stereocenters. The molecule has 0 amide bonds. The first-order valence-electron chi connectivity index (χ1n) is 5.56. The highest BCUT2D eigenvalue weighted by molar-refractivity contribution is 5.07. The lowest BCUT2D eigenvalue weighted by Crippen LogP contribution is -2.57. The molecule has 0 aromatic heterocycles. The summed E-state index contributed by atoms with van der Waals surface area (Å²) in [5.41, 5.74) is 0.808. The standard InChI is InChI=1S/C11H19N/c1-8-7-9(8)12-10-3-6-11(10)4-2-5-11/h8-10,12H,2-7H2,1H3. The van der Waals surface area contributed by atoms with E-state index in [2.05, 4.69) is 12.2 Å². The topological polar surface area (TPSA) is 12.0 Å². The van der Waals surface area contributed by atoms with Gasteiger partial charge in [-0.15, -0.1) is 0 Å². The predicted octanol–water partition coefficient (Wildman–Crippen LogP) is 2.32. The Morgan fingerprint density at radius 1 is 1.25 bits per heavy atom. The van der Waals surface area contributed by atoms with Crippen molar-refractivity contribution < 1.29 is 0 Å². The Bertz CT molecular complexity index is 190. The fourth-order valence-corrected chi connectivity index (χ4v) is 3.00. The Labute approximate surface area is 74.9 Å². The van der Waals surface area contributed by atoms with Crippen molar-refractivity contribution in [3.05, 3.63) is 0 Å². The summed E-state index contributed by atoms with van der Waals surface area (Å²) in [5.74, 6) is 0.975. The minimum absolute atomic E-state index is 0.808. The van der Waals surface area contributed by atoms with Crippen LogP contribution in [0.1, 0.15) is 45.4 Å². The molecule has 0 bridgehead atoms. The van der Waals surface area contributed by atoms with Crippen LogP contribution < -0.4 is 5.32 Å². The summed E-state index contributed by atoms with van der Waals surface area (Å²) in [4.78, 5) is 0. The maximum atomic E-state index is 3.83. The van der Waals surface area contributed by atoms with Gasteiger partial charge in [-0.1, -0.05) is 13.3 Å². The fraction of sp³-hybridized carbons (Fsp3) is 1.00. The summed E-state index contributed by atoms with van der Waals surface area (Å²) < 4.78 is 0. The Kier molecular flexibility index (Phi) is 1.39. The molecule has 1 heteroatoms. The molecule has 3 aliphatic carbocycles. The number of nitrogens with one attached hydrogen (secondary N) is 1. The van der Waals surface area contributed by atoms with Crippen LogP contribution in [0.2, 0.25) is 0 Å². The molecule has 68 valence electrons. The van der Waals surface area contributed by atoms with Gasteiger partial charge in [0, 0.05) is 12.1 Å². The molecular weight excluding hydrogens is 146 g/mol. The van der Waals surface area contributed by atoms with Crippen LogP contribution in [0, 0.1) is 11.3 Å². The van der Waals surface area contributed by atoms with Gasteiger partial charge in [0.05, 0.1) is 0 Å². The number of hydrogen-bond acceptors (Lipinski definition) is 1. The molecule has 0 aliphatic heterocycles. The highest BCUT2D eigenvalue weighted by atomic mass is 15.0. The fourth-order valence-electron chi connectivity index (χ4n) is 3.00. The maximum absolute atomic E-state index is 3.83. The van der Waals surface area contributed by atoms with Crippen molar-refractivity contribution >= 4 is 0 Å². The SMILES string of the molecule is CC1CC1NC1CCC12CCC2. The van der Waals surface area contributed by atoms with Crippen molar-refractivity contribution in [3.63, 3.8) is 0 Å². The first-order valence-corrected chi connectivity index (χ1v) is 5.56. The molecule has 3 fully saturated rings. The van der Waals surface area contributed by atoms with Gasteiger partial charge in [-0.05, 0) is 43.4 Å². The van der Waals surface area contributed by atoms with Crippen LogP contribution in [0.15, 0.2) is 0 Å². The average molecular weight is 165 g/mol. The second-order valence-electron chi connectivity index (χ2n) is 5.29. The largest absolute Gasteiger partial charge is 0.310 e. The second-order valence-corrected chi connectivity index (χ2v) is 5.29. The zero-order valence-electron chi connectivity index (χ0n) is 7.97. The summed E-state index contributed by atoms with van der Waals surface area (Å²) in [6.07, 6.45) is 8.96. The molecule has 0 aromatic rings. The van der Waals surface area contributed by atoms with Crippen molar-refractivity contribution in [2.24, 2.45) is 11.3 Å². The average Bonchev–Trinajstić information content (AvgIpc) is 2.56. The van der Waals surface area contributed by atoms with E-state index in [9.17, 15) is 0 Å². The molecule has 1 nitrogen and oxygen atoms in total. The van der Waals surface area contributed by atoms with Crippen LogP contribution in [0.25, 0.3) is 0 Å². The van der Waals surface area contributed by atoms with Gasteiger partial charge < -0.3 is 5.32 Å². The Morgan fingerprint density at radius 3 is 2.33 bits per heavy atom. The highest BCUT2D eigenvalue weighted by Crippen LogP contribution is 2.56. The third-order valence-electron chi connectivity index (χ3n) is 4.54. The van der Waals surface area contributed by atoms with Crippen molar-refractivity contribution in [1.29, 1.82) is 0 Å². The third kappa shape index (κ3) is 0.891. The van der Waals surface area contributed by atoms with Gasteiger partial charge in [0.15, 0.2) is 0 Å². The van der Waals surface area contributed by atoms with Crippen molar-refractivity contribution in [2.45, 2.75) is 57.5 Å². The molecule has 3 unspecified atom stereocenters. The molecule has 0 radical (unpaired) electrons. The van der Waals surface area contributed by atoms with E-state index in [1.54, 1.807) is 0 Å². The van der Waals surface area contributed by atoms with Crippen molar-refractivity contribution in [2.75, 3.05) is 0 Å². The second kappa shape index (κ2) is 2.25. The van der Waals surface area contributed by atoms with Crippen molar-refractivity contribution in [1.82, 2.24) is 5.32 Å². The van der Waals surface area contributed by atoms with Gasteiger partial charge in [0.2, 0.25) is 0 Å². The quantitative estimate of drug-likeness (QED) is 0.662. The van der Waals surface area contributed by atoms with Crippen LogP contribution in [-0.4, -0.2) is 12.1 Å². The summed E-state index contributed by atoms with van der Waals surface area (Å²) in [6, 6.07) is 1.81. The van der Waals surface area contributed by atoms with Gasteiger partial charge in [-0.2, -0.15) is 0 Å². The van der Waals surface area contributed by atoms with Gasteiger partial charge in [-0.25, -0.2) is 0 Å². The Hall–Kier alpha value is -0.0400. The van der Waals surface area contributed by atoms with Gasteiger partial charge >= 0.3 is 0 Å². The van der Waals surface area contributed by atoms with Gasteiger partial charge in [0.1, 0.15) is 0 Å². The van der Waals surface area contributed by atoms with E-state index in [0.717, 1.165) is 23.4 Å². The summed E-state index contributed by atoms with van der Waals surface area (Å²) in [5, 5.41) is 3.83. The molecule has 0 aromatic carbocycles. The zero-order chi connectivity index (χ0) is 8.18. The zero-order valence-corrected chi connectivity index (χ0v) is 7.97. The van der Waals surface area contributed by atoms with E-state index < -0.39 is 0 Å². The molecule has 3 aliphatic rings. The predicted molar refractivity (Wildman–Crippen MR) is 50.0 cm³/mol. The maximum Gasteiger partial charge on any atom is 0.0126 e. The summed E-state index contributed by atoms with van der Waals surface area (Å²) in [7, 11) is 0. The van der Waals surface area contributed by atoms with Crippen LogP contribution in [-0.2, 0) is 0 Å². The van der Waals surface area contributed by atoms with Gasteiger partial charge in [-0.3, -0.25) is 0 Å². The van der Waals surface area contributed by atoms with Crippen LogP contribution >= 0.6 is 0 Å². The van der Waals surface area contributed by atoms with E-state index in [4.69, 9.17) is 0 Å². The Morgan fingerprint density at radius 2 is 2.00 bits per heavy atom. The first kappa shape index (κ1) is 7.37. The van der Waals surface area contributed by atoms with Crippen LogP contribution in [0.5, 0.6) is 0 Å². The van der Waals surface area contributed by atoms with E-state index in [0.29, 0.717) is 0 Å². The minimum Gasteiger partial charge on any atom is -0.310 e. The normalized spacial score (nSPS) is 48.2. The van der Waals surface area contributed by atoms with Crippen molar-refractivity contribution in [3.8, 4) is 0 Å². The first-order chi connectivity index (χ1) is 5.80. The lowest BCUT2D eigenvalue weighted by molar-refractivity contribution is -0.0186. The molecule has 1 spiro atoms. The lowest BCUT2D eigenvalue weighted by atomic mass is 9.53. The van der Waals surface area contributed by atoms with Crippen LogP contribution in [0.3, 0.4) is 0 Å². The highest BCUT2D eigenvalue weighted by Gasteiger charge is 2.52. The third-order valence-corrected chi connectivity index (χ3v) is 4.54. The van der Waals surface area contributed by atoms with E-state index >= 15 is 0 Å². The molecular formula is C11H19N. The number of hydrogen-bond donors (Lipinski definition) is 1. The molecule has 3 saturated carbocycles. The minimum atomic E-state index is 0.808. The molecule has 0 saturated heterocycles. The van der Waals surface area contributed by atoms with Crippen LogP contribution in [0.4, 0.5) is 0 Å². The van der Waals surface area contributed by atoms with E-state index in [1.165, 1.54) is 38.5 Å². The summed E-state index contributed by atoms with van der Waals surface area (Å²) >= 11 is 0. The molecule has 12 heavy (non-hydrogen) atoms. The monoisotopic (exact) mass is 165 g/mol. The number of rotatable bonds is 2. The summed E-state index contributed by atoms with van der Waals surface area (Å²) in [6.45, 7) is 2.36.